The standard InChI is InChI=1S/C15H22FNO2/c1-17(2)15(8-4-5-9-15)14(18)11-6-7-13(19-3)12(16)10-11/h6-7,10,14,18H,4-5,8-9H2,1-3H3. The van der Waals surface area contributed by atoms with Crippen LogP contribution in [0.25, 0.3) is 0 Å². The molecule has 1 atom stereocenters. The second kappa shape index (κ2) is 5.47. The van der Waals surface area contributed by atoms with Crippen molar-refractivity contribution in [3.05, 3.63) is 29.6 Å². The van der Waals surface area contributed by atoms with Crippen molar-refractivity contribution in [1.82, 2.24) is 4.90 Å². The van der Waals surface area contributed by atoms with Gasteiger partial charge in [0, 0.05) is 0 Å². The van der Waals surface area contributed by atoms with E-state index in [0.29, 0.717) is 5.56 Å². The minimum atomic E-state index is -0.676. The molecule has 0 radical (unpaired) electrons. The normalized spacial score (nSPS) is 19.7. The monoisotopic (exact) mass is 267 g/mol. The number of hydrogen-bond donors (Lipinski definition) is 1. The minimum absolute atomic E-state index is 0.210. The minimum Gasteiger partial charge on any atom is -0.494 e. The molecular weight excluding hydrogens is 245 g/mol. The van der Waals surface area contributed by atoms with Gasteiger partial charge >= 0.3 is 0 Å². The highest BCUT2D eigenvalue weighted by Gasteiger charge is 2.43. The highest BCUT2D eigenvalue weighted by Crippen LogP contribution is 2.43. The molecule has 0 bridgehead atoms. The SMILES string of the molecule is COc1ccc(C(O)C2(N(C)C)CCCC2)cc1F. The summed E-state index contributed by atoms with van der Waals surface area (Å²) < 4.78 is 18.7. The Bertz CT molecular complexity index is 442. The van der Waals surface area contributed by atoms with Crippen LogP contribution in [0.3, 0.4) is 0 Å². The number of aliphatic hydroxyl groups excluding tert-OH is 1. The fourth-order valence-electron chi connectivity index (χ4n) is 3.12. The summed E-state index contributed by atoms with van der Waals surface area (Å²) in [6, 6.07) is 4.70. The number of hydrogen-bond acceptors (Lipinski definition) is 3. The quantitative estimate of drug-likeness (QED) is 0.910. The summed E-state index contributed by atoms with van der Waals surface area (Å²) in [7, 11) is 5.40. The molecule has 0 spiro atoms. The summed E-state index contributed by atoms with van der Waals surface area (Å²) in [4.78, 5) is 2.08. The van der Waals surface area contributed by atoms with Crippen LogP contribution in [0.1, 0.15) is 37.4 Å². The molecule has 0 heterocycles. The number of rotatable bonds is 4. The summed E-state index contributed by atoms with van der Waals surface area (Å²) in [5.41, 5.74) is 0.343. The van der Waals surface area contributed by atoms with Crippen molar-refractivity contribution in [3.8, 4) is 5.75 Å². The van der Waals surface area contributed by atoms with E-state index in [1.807, 2.05) is 14.1 Å². The summed E-state index contributed by atoms with van der Waals surface area (Å²) in [5, 5.41) is 10.7. The van der Waals surface area contributed by atoms with Crippen LogP contribution in [-0.2, 0) is 0 Å². The molecule has 1 N–H and O–H groups in total. The molecule has 0 amide bonds. The van der Waals surface area contributed by atoms with Gasteiger partial charge in [-0.3, -0.25) is 0 Å². The molecule has 19 heavy (non-hydrogen) atoms. The zero-order valence-electron chi connectivity index (χ0n) is 11.8. The van der Waals surface area contributed by atoms with Gasteiger partial charge in [-0.25, -0.2) is 4.39 Å². The van der Waals surface area contributed by atoms with Gasteiger partial charge in [-0.05, 0) is 44.6 Å². The van der Waals surface area contributed by atoms with Crippen LogP contribution in [-0.4, -0.2) is 36.8 Å². The van der Waals surface area contributed by atoms with E-state index in [1.165, 1.54) is 13.2 Å². The van der Waals surface area contributed by atoms with Crippen LogP contribution < -0.4 is 4.74 Å². The van der Waals surface area contributed by atoms with E-state index >= 15 is 0 Å². The first kappa shape index (κ1) is 14.3. The maximum absolute atomic E-state index is 13.8. The lowest BCUT2D eigenvalue weighted by Gasteiger charge is -2.40. The van der Waals surface area contributed by atoms with Gasteiger partial charge in [-0.2, -0.15) is 0 Å². The Labute approximate surface area is 114 Å². The largest absolute Gasteiger partial charge is 0.494 e. The molecule has 0 aliphatic heterocycles. The Morgan fingerprint density at radius 2 is 1.95 bits per heavy atom. The smallest absolute Gasteiger partial charge is 0.165 e. The summed E-state index contributed by atoms with van der Waals surface area (Å²) in [5.74, 6) is -0.216. The molecule has 0 aromatic heterocycles. The first-order valence-corrected chi connectivity index (χ1v) is 6.70. The third-order valence-corrected chi connectivity index (χ3v) is 4.36. The molecule has 1 unspecified atom stereocenters. The number of likely N-dealkylation sites (N-methyl/N-ethyl adjacent to an activating group) is 1. The molecule has 1 fully saturated rings. The summed E-state index contributed by atoms with van der Waals surface area (Å²) >= 11 is 0. The fourth-order valence-corrected chi connectivity index (χ4v) is 3.12. The van der Waals surface area contributed by atoms with Gasteiger partial charge in [0.2, 0.25) is 0 Å². The molecule has 1 aliphatic carbocycles. The molecule has 106 valence electrons. The molecule has 2 rings (SSSR count). The second-order valence-electron chi connectivity index (χ2n) is 5.50. The predicted octanol–water partition coefficient (Wildman–Crippen LogP) is 2.74. The highest BCUT2D eigenvalue weighted by atomic mass is 19.1. The number of ether oxygens (including phenoxy) is 1. The van der Waals surface area contributed by atoms with Crippen molar-refractivity contribution in [2.24, 2.45) is 0 Å². The van der Waals surface area contributed by atoms with E-state index in [4.69, 9.17) is 4.74 Å². The Hall–Kier alpha value is -1.13. The number of nitrogens with zero attached hydrogens (tertiary/aromatic N) is 1. The Morgan fingerprint density at radius 1 is 1.32 bits per heavy atom. The number of aliphatic hydroxyl groups is 1. The number of benzene rings is 1. The summed E-state index contributed by atoms with van der Waals surface area (Å²) in [6.45, 7) is 0. The van der Waals surface area contributed by atoms with Gasteiger partial charge in [-0.1, -0.05) is 18.9 Å². The third-order valence-electron chi connectivity index (χ3n) is 4.36. The number of methoxy groups -OCH3 is 1. The van der Waals surface area contributed by atoms with Crippen LogP contribution in [0.15, 0.2) is 18.2 Å². The van der Waals surface area contributed by atoms with Crippen LogP contribution in [0.4, 0.5) is 4.39 Å². The zero-order chi connectivity index (χ0) is 14.0. The van der Waals surface area contributed by atoms with Crippen molar-refractivity contribution in [2.75, 3.05) is 21.2 Å². The van der Waals surface area contributed by atoms with E-state index in [2.05, 4.69) is 4.90 Å². The van der Waals surface area contributed by atoms with E-state index < -0.39 is 11.9 Å². The first-order valence-electron chi connectivity index (χ1n) is 6.70. The van der Waals surface area contributed by atoms with E-state index in [9.17, 15) is 9.50 Å². The molecule has 1 aromatic carbocycles. The van der Waals surface area contributed by atoms with Crippen molar-refractivity contribution in [3.63, 3.8) is 0 Å². The Kier molecular flexibility index (Phi) is 4.11. The third kappa shape index (κ3) is 2.47. The van der Waals surface area contributed by atoms with Gasteiger partial charge in [-0.15, -0.1) is 0 Å². The van der Waals surface area contributed by atoms with Crippen LogP contribution in [0.5, 0.6) is 5.75 Å². The van der Waals surface area contributed by atoms with Gasteiger partial charge < -0.3 is 14.7 Å². The average Bonchev–Trinajstić information content (AvgIpc) is 2.88. The van der Waals surface area contributed by atoms with Gasteiger partial charge in [0.1, 0.15) is 0 Å². The first-order chi connectivity index (χ1) is 9.01. The Morgan fingerprint density at radius 3 is 2.42 bits per heavy atom. The molecular formula is C15H22FNO2. The fraction of sp³-hybridized carbons (Fsp3) is 0.600. The Balaban J connectivity index is 2.32. The van der Waals surface area contributed by atoms with Crippen LogP contribution in [0.2, 0.25) is 0 Å². The average molecular weight is 267 g/mol. The van der Waals surface area contributed by atoms with Crippen LogP contribution in [0, 0.1) is 5.82 Å². The maximum Gasteiger partial charge on any atom is 0.165 e. The van der Waals surface area contributed by atoms with Gasteiger partial charge in [0.25, 0.3) is 0 Å². The van der Waals surface area contributed by atoms with Crippen molar-refractivity contribution in [2.45, 2.75) is 37.3 Å². The maximum atomic E-state index is 13.8. The van der Waals surface area contributed by atoms with E-state index in [0.717, 1.165) is 25.7 Å². The van der Waals surface area contributed by atoms with Crippen LogP contribution >= 0.6 is 0 Å². The lowest BCUT2D eigenvalue weighted by atomic mass is 9.84. The van der Waals surface area contributed by atoms with Crippen molar-refractivity contribution in [1.29, 1.82) is 0 Å². The van der Waals surface area contributed by atoms with Crippen molar-refractivity contribution < 1.29 is 14.2 Å². The molecule has 1 aliphatic rings. The zero-order valence-corrected chi connectivity index (χ0v) is 11.8. The van der Waals surface area contributed by atoms with E-state index in [-0.39, 0.29) is 11.3 Å². The van der Waals surface area contributed by atoms with Gasteiger partial charge in [0.05, 0.1) is 18.8 Å². The molecule has 0 saturated heterocycles. The van der Waals surface area contributed by atoms with Gasteiger partial charge in [0.15, 0.2) is 11.6 Å². The molecule has 1 aromatic rings. The number of halogens is 1. The lowest BCUT2D eigenvalue weighted by molar-refractivity contribution is -0.00493. The molecule has 1 saturated carbocycles. The van der Waals surface area contributed by atoms with E-state index in [1.54, 1.807) is 12.1 Å². The topological polar surface area (TPSA) is 32.7 Å². The summed E-state index contributed by atoms with van der Waals surface area (Å²) in [6.07, 6.45) is 3.41. The molecule has 3 nitrogen and oxygen atoms in total. The molecule has 4 heteroatoms. The lowest BCUT2D eigenvalue weighted by Crippen LogP contribution is -2.47. The second-order valence-corrected chi connectivity index (χ2v) is 5.50. The van der Waals surface area contributed by atoms with Crippen molar-refractivity contribution >= 4 is 0 Å². The predicted molar refractivity (Wildman–Crippen MR) is 72.8 cm³/mol. The highest BCUT2D eigenvalue weighted by molar-refractivity contribution is 5.32.